The second-order valence-corrected chi connectivity index (χ2v) is 13.4. The predicted octanol–water partition coefficient (Wildman–Crippen LogP) is 5.45. The van der Waals surface area contributed by atoms with Gasteiger partial charge >= 0.3 is 5.97 Å². The fourth-order valence-electron chi connectivity index (χ4n) is 4.73. The lowest BCUT2D eigenvalue weighted by molar-refractivity contribution is -0.141. The first kappa shape index (κ1) is 24.0. The molecule has 0 spiro atoms. The molecule has 2 aromatic carbocycles. The lowest BCUT2D eigenvalue weighted by Gasteiger charge is -2.32. The second kappa shape index (κ2) is 9.84. The van der Waals surface area contributed by atoms with Crippen LogP contribution in [0.5, 0.6) is 0 Å². The van der Waals surface area contributed by atoms with Gasteiger partial charge in [0.25, 0.3) is 5.91 Å². The van der Waals surface area contributed by atoms with E-state index in [0.717, 1.165) is 47.5 Å². The highest BCUT2D eigenvalue weighted by Gasteiger charge is 2.69. The fraction of sp³-hybridized carbons (Fsp3) is 0.423. The Labute approximate surface area is 191 Å². The zero-order valence-electron chi connectivity index (χ0n) is 19.4. The number of nitriles is 1. The molecule has 3 rings (SSSR count). The van der Waals surface area contributed by atoms with Gasteiger partial charge in [-0.15, -0.1) is 0 Å². The molecule has 0 radical (unpaired) electrons. The van der Waals surface area contributed by atoms with E-state index >= 15 is 0 Å². The first-order chi connectivity index (χ1) is 15.3. The Morgan fingerprint density at radius 2 is 1.69 bits per heavy atom. The number of hydrogen-bond acceptors (Lipinski definition) is 4. The van der Waals surface area contributed by atoms with Gasteiger partial charge in [0.15, 0.2) is 11.3 Å². The lowest BCUT2D eigenvalue weighted by Crippen LogP contribution is -2.37. The monoisotopic (exact) mass is 451 g/mol. The first-order valence-corrected chi connectivity index (χ1v) is 13.5. The minimum absolute atomic E-state index is 0.0151. The van der Waals surface area contributed by atoms with Gasteiger partial charge in [-0.3, -0.25) is 4.79 Å². The summed E-state index contributed by atoms with van der Waals surface area (Å²) < 4.78 is 5.60. The highest BCUT2D eigenvalue weighted by atomic mass is 31.2. The molecule has 1 aliphatic rings. The molecule has 0 unspecified atom stereocenters. The SMILES string of the molecule is CC[P+](CC)(CC(=O)OCc1ccccc1)C1(C(=O)Nc2c(C)cc(C#N)cc2C)CC1. The number of ether oxygens (including phenoxy) is 1. The highest BCUT2D eigenvalue weighted by Crippen LogP contribution is 2.77. The Hall–Kier alpha value is -2.70. The van der Waals surface area contributed by atoms with Crippen LogP contribution < -0.4 is 5.32 Å². The number of hydrogen-bond donors (Lipinski definition) is 1. The maximum Gasteiger partial charge on any atom is 0.344 e. The molecule has 5 nitrogen and oxygen atoms in total. The van der Waals surface area contributed by atoms with E-state index in [-0.39, 0.29) is 18.5 Å². The Kier molecular flexibility index (Phi) is 7.36. The Morgan fingerprint density at radius 1 is 1.09 bits per heavy atom. The van der Waals surface area contributed by atoms with Crippen LogP contribution in [0.1, 0.15) is 48.9 Å². The molecule has 0 aliphatic heterocycles. The molecule has 1 saturated carbocycles. The Bertz CT molecular complexity index is 1010. The fourth-order valence-corrected chi connectivity index (χ4v) is 9.27. The standard InChI is InChI=1S/C26H31N2O3P/c1-5-32(6-2,18-23(29)31-17-21-10-8-7-9-11-21)26(12-13-26)25(30)28-24-19(3)14-22(16-27)15-20(24)4/h7-11,14-15H,5-6,12-13,17-18H2,1-4H3/p+1. The summed E-state index contributed by atoms with van der Waals surface area (Å²) in [5.74, 6) is -0.197. The number of carbonyl (C=O) groups excluding carboxylic acids is 2. The van der Waals surface area contributed by atoms with Gasteiger partial charge in [0.2, 0.25) is 0 Å². The maximum atomic E-state index is 13.6. The molecule has 0 bridgehead atoms. The minimum atomic E-state index is -1.90. The van der Waals surface area contributed by atoms with Crippen LogP contribution >= 0.6 is 7.26 Å². The number of amides is 1. The van der Waals surface area contributed by atoms with Crippen molar-refractivity contribution in [3.8, 4) is 6.07 Å². The van der Waals surface area contributed by atoms with Gasteiger partial charge in [0, 0.05) is 25.8 Å². The summed E-state index contributed by atoms with van der Waals surface area (Å²) in [4.78, 5) is 26.4. The third-order valence-electron chi connectivity index (χ3n) is 6.84. The van der Waals surface area contributed by atoms with Crippen LogP contribution in [0.2, 0.25) is 0 Å². The van der Waals surface area contributed by atoms with Crippen LogP contribution in [0.25, 0.3) is 0 Å². The molecule has 0 atom stereocenters. The smallest absolute Gasteiger partial charge is 0.344 e. The molecule has 6 heteroatoms. The van der Waals surface area contributed by atoms with E-state index in [0.29, 0.717) is 11.7 Å². The van der Waals surface area contributed by atoms with Gasteiger partial charge in [-0.25, -0.2) is 4.79 Å². The average Bonchev–Trinajstić information content (AvgIpc) is 3.61. The van der Waals surface area contributed by atoms with E-state index in [1.165, 1.54) is 0 Å². The predicted molar refractivity (Wildman–Crippen MR) is 130 cm³/mol. The van der Waals surface area contributed by atoms with Crippen LogP contribution in [0.3, 0.4) is 0 Å². The van der Waals surface area contributed by atoms with Crippen LogP contribution in [0.15, 0.2) is 42.5 Å². The van der Waals surface area contributed by atoms with Crippen LogP contribution in [0, 0.1) is 25.2 Å². The molecule has 2 aromatic rings. The summed E-state index contributed by atoms with van der Waals surface area (Å²) in [5.41, 5.74) is 4.08. The zero-order valence-corrected chi connectivity index (χ0v) is 20.3. The van der Waals surface area contributed by atoms with Crippen LogP contribution in [-0.2, 0) is 20.9 Å². The van der Waals surface area contributed by atoms with Crippen molar-refractivity contribution in [2.24, 2.45) is 0 Å². The number of esters is 1. The molecular formula is C26H32N2O3P+. The van der Waals surface area contributed by atoms with Gasteiger partial charge in [-0.05, 0) is 56.5 Å². The van der Waals surface area contributed by atoms with Gasteiger partial charge < -0.3 is 10.1 Å². The summed E-state index contributed by atoms with van der Waals surface area (Å²) in [6, 6.07) is 15.4. The highest BCUT2D eigenvalue weighted by molar-refractivity contribution is 7.79. The van der Waals surface area contributed by atoms with E-state index < -0.39 is 12.4 Å². The van der Waals surface area contributed by atoms with Crippen molar-refractivity contribution in [1.29, 1.82) is 5.26 Å². The van der Waals surface area contributed by atoms with Crippen molar-refractivity contribution in [1.82, 2.24) is 0 Å². The van der Waals surface area contributed by atoms with Crippen molar-refractivity contribution in [2.75, 3.05) is 23.8 Å². The minimum Gasteiger partial charge on any atom is -0.458 e. The number of benzene rings is 2. The summed E-state index contributed by atoms with van der Waals surface area (Å²) in [6.45, 7) is 8.29. The van der Waals surface area contributed by atoms with Crippen molar-refractivity contribution in [3.05, 3.63) is 64.7 Å². The van der Waals surface area contributed by atoms with E-state index in [9.17, 15) is 14.9 Å². The van der Waals surface area contributed by atoms with Gasteiger partial charge in [0.05, 0.1) is 24.0 Å². The van der Waals surface area contributed by atoms with E-state index in [2.05, 4.69) is 25.2 Å². The van der Waals surface area contributed by atoms with Gasteiger partial charge in [0.1, 0.15) is 6.61 Å². The van der Waals surface area contributed by atoms with Crippen molar-refractivity contribution >= 4 is 24.8 Å². The van der Waals surface area contributed by atoms with Crippen LogP contribution in [0.4, 0.5) is 5.69 Å². The third-order valence-corrected chi connectivity index (χ3v) is 12.6. The van der Waals surface area contributed by atoms with E-state index in [4.69, 9.17) is 4.74 Å². The molecular weight excluding hydrogens is 419 g/mol. The molecule has 0 aromatic heterocycles. The van der Waals surface area contributed by atoms with Gasteiger partial charge in [-0.2, -0.15) is 5.26 Å². The first-order valence-electron chi connectivity index (χ1n) is 11.2. The topological polar surface area (TPSA) is 79.2 Å². The Balaban J connectivity index is 1.77. The molecule has 1 amide bonds. The third kappa shape index (κ3) is 4.71. The van der Waals surface area contributed by atoms with Crippen LogP contribution in [-0.4, -0.2) is 35.5 Å². The largest absolute Gasteiger partial charge is 0.458 e. The molecule has 1 aliphatic carbocycles. The summed E-state index contributed by atoms with van der Waals surface area (Å²) in [5, 5.41) is 11.9. The number of aryl methyl sites for hydroxylation is 2. The number of nitrogens with one attached hydrogen (secondary N) is 1. The normalized spacial score (nSPS) is 14.3. The molecule has 0 saturated heterocycles. The van der Waals surface area contributed by atoms with E-state index in [1.54, 1.807) is 12.1 Å². The number of rotatable bonds is 9. The van der Waals surface area contributed by atoms with Crippen molar-refractivity contribution in [3.63, 3.8) is 0 Å². The summed E-state index contributed by atoms with van der Waals surface area (Å²) in [7, 11) is -1.90. The summed E-state index contributed by atoms with van der Waals surface area (Å²) >= 11 is 0. The lowest BCUT2D eigenvalue weighted by atomic mass is 10.0. The number of anilines is 1. The second-order valence-electron chi connectivity index (χ2n) is 8.66. The Morgan fingerprint density at radius 3 is 2.19 bits per heavy atom. The molecule has 32 heavy (non-hydrogen) atoms. The van der Waals surface area contributed by atoms with Crippen molar-refractivity contribution < 1.29 is 14.3 Å². The molecule has 1 N–H and O–H groups in total. The van der Waals surface area contributed by atoms with E-state index in [1.807, 2.05) is 44.2 Å². The molecule has 0 heterocycles. The van der Waals surface area contributed by atoms with Crippen molar-refractivity contribution in [2.45, 2.75) is 52.3 Å². The number of nitrogens with zero attached hydrogens (tertiary/aromatic N) is 1. The average molecular weight is 452 g/mol. The zero-order chi connectivity index (χ0) is 23.4. The summed E-state index contributed by atoms with van der Waals surface area (Å²) in [6.07, 6.45) is 3.64. The number of carbonyl (C=O) groups is 2. The molecule has 168 valence electrons. The maximum absolute atomic E-state index is 13.6. The molecule has 1 fully saturated rings. The van der Waals surface area contributed by atoms with Gasteiger partial charge in [-0.1, -0.05) is 30.3 Å². The quantitative estimate of drug-likeness (QED) is 0.406.